The lowest BCUT2D eigenvalue weighted by atomic mass is 10.1. The van der Waals surface area contributed by atoms with Crippen LogP contribution in [0.1, 0.15) is 46.0 Å². The Balaban J connectivity index is 2.13. The van der Waals surface area contributed by atoms with Crippen molar-refractivity contribution < 1.29 is 14.3 Å². The Kier molecular flexibility index (Phi) is 7.48. The number of hydrogen-bond donors (Lipinski definition) is 1. The van der Waals surface area contributed by atoms with Gasteiger partial charge < -0.3 is 10.1 Å². The van der Waals surface area contributed by atoms with Crippen LogP contribution in [0.3, 0.4) is 0 Å². The maximum Gasteiger partial charge on any atom is 0.306 e. The molecule has 1 amide bonds. The summed E-state index contributed by atoms with van der Waals surface area (Å²) in [7, 11) is 0. The van der Waals surface area contributed by atoms with E-state index >= 15 is 0 Å². The molecule has 0 bridgehead atoms. The fraction of sp³-hybridized carbons (Fsp3) is 0.857. The Morgan fingerprint density at radius 3 is 2.53 bits per heavy atom. The zero-order chi connectivity index (χ0) is 14.1. The maximum atomic E-state index is 11.6. The topological polar surface area (TPSA) is 58.6 Å². The van der Waals surface area contributed by atoms with Gasteiger partial charge in [-0.15, -0.1) is 0 Å². The molecule has 1 atom stereocenters. The van der Waals surface area contributed by atoms with Crippen molar-refractivity contribution in [2.45, 2.75) is 52.0 Å². The highest BCUT2D eigenvalue weighted by Crippen LogP contribution is 2.11. The quantitative estimate of drug-likeness (QED) is 0.709. The number of nitrogens with zero attached hydrogens (tertiary/aromatic N) is 1. The predicted molar refractivity (Wildman–Crippen MR) is 73.8 cm³/mol. The highest BCUT2D eigenvalue weighted by Gasteiger charge is 2.17. The van der Waals surface area contributed by atoms with E-state index < -0.39 is 0 Å². The third-order valence-electron chi connectivity index (χ3n) is 3.47. The number of carbonyl (C=O) groups is 2. The second kappa shape index (κ2) is 8.91. The van der Waals surface area contributed by atoms with Crippen LogP contribution >= 0.6 is 0 Å². The highest BCUT2D eigenvalue weighted by atomic mass is 16.5. The van der Waals surface area contributed by atoms with E-state index in [1.165, 1.54) is 19.3 Å². The second-order valence-electron chi connectivity index (χ2n) is 5.05. The molecule has 1 saturated heterocycles. The van der Waals surface area contributed by atoms with Crippen LogP contribution < -0.4 is 5.32 Å². The first-order chi connectivity index (χ1) is 9.13. The van der Waals surface area contributed by atoms with Crippen molar-refractivity contribution >= 4 is 11.9 Å². The summed E-state index contributed by atoms with van der Waals surface area (Å²) in [5, 5.41) is 2.89. The number of piperidine rings is 1. The molecule has 0 saturated carbocycles. The molecule has 1 N–H and O–H groups in total. The van der Waals surface area contributed by atoms with Gasteiger partial charge in [0.2, 0.25) is 5.91 Å². The molecule has 19 heavy (non-hydrogen) atoms. The Hall–Kier alpha value is -1.10. The van der Waals surface area contributed by atoms with Crippen LogP contribution in [0.15, 0.2) is 0 Å². The number of esters is 1. The number of hydrogen-bond acceptors (Lipinski definition) is 4. The number of carbonyl (C=O) groups excluding carboxylic acids is 2. The van der Waals surface area contributed by atoms with E-state index in [4.69, 9.17) is 4.74 Å². The smallest absolute Gasteiger partial charge is 0.306 e. The fourth-order valence-electron chi connectivity index (χ4n) is 2.29. The minimum atomic E-state index is -0.304. The second-order valence-corrected chi connectivity index (χ2v) is 5.05. The molecule has 5 nitrogen and oxygen atoms in total. The van der Waals surface area contributed by atoms with E-state index in [0.29, 0.717) is 19.2 Å². The van der Waals surface area contributed by atoms with Gasteiger partial charge in [0, 0.05) is 19.0 Å². The maximum absolute atomic E-state index is 11.6. The summed E-state index contributed by atoms with van der Waals surface area (Å²) in [6.45, 7) is 7.17. The van der Waals surface area contributed by atoms with Gasteiger partial charge in [-0.2, -0.15) is 0 Å². The van der Waals surface area contributed by atoms with Crippen LogP contribution in [0, 0.1) is 0 Å². The van der Waals surface area contributed by atoms with E-state index in [1.807, 2.05) is 0 Å². The summed E-state index contributed by atoms with van der Waals surface area (Å²) in [5.74, 6) is -0.376. The highest BCUT2D eigenvalue weighted by molar-refractivity contribution is 5.81. The summed E-state index contributed by atoms with van der Waals surface area (Å²) in [6.07, 6.45) is 4.20. The largest absolute Gasteiger partial charge is 0.466 e. The summed E-state index contributed by atoms with van der Waals surface area (Å²) in [4.78, 5) is 25.1. The van der Waals surface area contributed by atoms with Crippen LogP contribution in [-0.2, 0) is 14.3 Å². The number of likely N-dealkylation sites (tertiary alicyclic amines) is 1. The van der Waals surface area contributed by atoms with Gasteiger partial charge in [-0.1, -0.05) is 6.42 Å². The van der Waals surface area contributed by atoms with Gasteiger partial charge in [-0.3, -0.25) is 14.5 Å². The third kappa shape index (κ3) is 6.57. The lowest BCUT2D eigenvalue weighted by molar-refractivity contribution is -0.144. The van der Waals surface area contributed by atoms with Gasteiger partial charge in [0.25, 0.3) is 0 Å². The molecular weight excluding hydrogens is 244 g/mol. The SMILES string of the molecule is CCOC(=O)CCC(=O)NCC(C)N1CCCCC1. The van der Waals surface area contributed by atoms with Gasteiger partial charge in [0.1, 0.15) is 0 Å². The first kappa shape index (κ1) is 16.0. The standard InChI is InChI=1S/C14H26N2O3/c1-3-19-14(18)8-7-13(17)15-11-12(2)16-9-5-4-6-10-16/h12H,3-11H2,1-2H3,(H,15,17). The van der Waals surface area contributed by atoms with Gasteiger partial charge in [0.05, 0.1) is 13.0 Å². The van der Waals surface area contributed by atoms with Crippen LogP contribution in [0.5, 0.6) is 0 Å². The van der Waals surface area contributed by atoms with Crippen molar-refractivity contribution in [2.75, 3.05) is 26.2 Å². The Morgan fingerprint density at radius 1 is 1.21 bits per heavy atom. The number of rotatable bonds is 7. The molecule has 1 aliphatic rings. The van der Waals surface area contributed by atoms with E-state index in [-0.39, 0.29) is 24.7 Å². The van der Waals surface area contributed by atoms with Crippen LogP contribution in [0.2, 0.25) is 0 Å². The molecular formula is C14H26N2O3. The van der Waals surface area contributed by atoms with Crippen LogP contribution in [0.4, 0.5) is 0 Å². The average Bonchev–Trinajstić information content (AvgIpc) is 2.44. The first-order valence-corrected chi connectivity index (χ1v) is 7.30. The van der Waals surface area contributed by atoms with Crippen molar-refractivity contribution in [2.24, 2.45) is 0 Å². The molecule has 0 aromatic heterocycles. The predicted octanol–water partition coefficient (Wildman–Crippen LogP) is 1.32. The van der Waals surface area contributed by atoms with E-state index in [9.17, 15) is 9.59 Å². The summed E-state index contributed by atoms with van der Waals surface area (Å²) < 4.78 is 4.79. The number of ether oxygens (including phenoxy) is 1. The molecule has 1 heterocycles. The Labute approximate surface area is 115 Å². The molecule has 0 aromatic rings. The van der Waals surface area contributed by atoms with E-state index in [2.05, 4.69) is 17.1 Å². The van der Waals surface area contributed by atoms with Gasteiger partial charge in [-0.25, -0.2) is 0 Å². The lowest BCUT2D eigenvalue weighted by Gasteiger charge is -2.32. The monoisotopic (exact) mass is 270 g/mol. The molecule has 1 fully saturated rings. The number of amides is 1. The molecule has 0 aromatic carbocycles. The molecule has 1 aliphatic heterocycles. The molecule has 1 unspecified atom stereocenters. The minimum Gasteiger partial charge on any atom is -0.466 e. The molecule has 110 valence electrons. The summed E-state index contributed by atoms with van der Waals surface area (Å²) >= 11 is 0. The molecule has 0 spiro atoms. The zero-order valence-electron chi connectivity index (χ0n) is 12.1. The number of nitrogens with one attached hydrogen (secondary N) is 1. The lowest BCUT2D eigenvalue weighted by Crippen LogP contribution is -2.44. The van der Waals surface area contributed by atoms with E-state index in [1.54, 1.807) is 6.92 Å². The van der Waals surface area contributed by atoms with Gasteiger partial charge >= 0.3 is 5.97 Å². The van der Waals surface area contributed by atoms with Gasteiger partial charge in [0.15, 0.2) is 0 Å². The summed E-state index contributed by atoms with van der Waals surface area (Å²) in [5.41, 5.74) is 0. The molecule has 1 rings (SSSR count). The van der Waals surface area contributed by atoms with E-state index in [0.717, 1.165) is 13.1 Å². The zero-order valence-corrected chi connectivity index (χ0v) is 12.1. The van der Waals surface area contributed by atoms with Crippen molar-refractivity contribution in [3.63, 3.8) is 0 Å². The summed E-state index contributed by atoms with van der Waals surface area (Å²) in [6, 6.07) is 0.367. The van der Waals surface area contributed by atoms with Crippen molar-refractivity contribution in [1.82, 2.24) is 10.2 Å². The van der Waals surface area contributed by atoms with Crippen LogP contribution in [0.25, 0.3) is 0 Å². The minimum absolute atomic E-state index is 0.0723. The molecule has 5 heteroatoms. The fourth-order valence-corrected chi connectivity index (χ4v) is 2.29. The Bertz CT molecular complexity index is 288. The van der Waals surface area contributed by atoms with Crippen molar-refractivity contribution in [3.05, 3.63) is 0 Å². The average molecular weight is 270 g/mol. The first-order valence-electron chi connectivity index (χ1n) is 7.30. The van der Waals surface area contributed by atoms with Crippen molar-refractivity contribution in [3.8, 4) is 0 Å². The van der Waals surface area contributed by atoms with Gasteiger partial charge in [-0.05, 0) is 39.8 Å². The van der Waals surface area contributed by atoms with Crippen LogP contribution in [-0.4, -0.2) is 49.1 Å². The Morgan fingerprint density at radius 2 is 1.89 bits per heavy atom. The molecule has 0 aliphatic carbocycles. The normalized spacial score (nSPS) is 17.8. The molecule has 0 radical (unpaired) electrons. The van der Waals surface area contributed by atoms with Crippen molar-refractivity contribution in [1.29, 1.82) is 0 Å². The third-order valence-corrected chi connectivity index (χ3v) is 3.47.